The third kappa shape index (κ3) is 4.62. The lowest BCUT2D eigenvalue weighted by Crippen LogP contribution is -2.27. The molecule has 0 aliphatic rings. The molecular formula is C21H21N3O3S. The van der Waals surface area contributed by atoms with Crippen molar-refractivity contribution in [2.45, 2.75) is 19.4 Å². The quantitative estimate of drug-likeness (QED) is 0.623. The van der Waals surface area contributed by atoms with Crippen LogP contribution in [0.15, 0.2) is 54.7 Å². The molecule has 0 radical (unpaired) electrons. The summed E-state index contributed by atoms with van der Waals surface area (Å²) in [5.41, 5.74) is 9.37. The van der Waals surface area contributed by atoms with Gasteiger partial charge in [-0.25, -0.2) is 9.78 Å². The maximum Gasteiger partial charge on any atom is 0.337 e. The average Bonchev–Trinajstić information content (AvgIpc) is 3.15. The van der Waals surface area contributed by atoms with E-state index in [-0.39, 0.29) is 5.91 Å². The van der Waals surface area contributed by atoms with E-state index in [1.54, 1.807) is 30.5 Å². The van der Waals surface area contributed by atoms with Crippen LogP contribution in [0.1, 0.15) is 38.0 Å². The molecular weight excluding hydrogens is 374 g/mol. The summed E-state index contributed by atoms with van der Waals surface area (Å²) in [6.07, 6.45) is 2.52. The number of carbonyl (C=O) groups excluding carboxylic acids is 2. The van der Waals surface area contributed by atoms with Crippen LogP contribution >= 0.6 is 11.3 Å². The van der Waals surface area contributed by atoms with Crippen molar-refractivity contribution in [2.75, 3.05) is 12.4 Å². The Hall–Kier alpha value is -3.03. The minimum absolute atomic E-state index is 0.345. The molecule has 28 heavy (non-hydrogen) atoms. The Balaban J connectivity index is 1.67. The summed E-state index contributed by atoms with van der Waals surface area (Å²) >= 11 is 1.42. The molecule has 1 unspecified atom stereocenters. The fraction of sp³-hybridized carbons (Fsp3) is 0.190. The van der Waals surface area contributed by atoms with Crippen LogP contribution in [-0.2, 0) is 16.0 Å². The molecule has 6 nitrogen and oxygen atoms in total. The maximum atomic E-state index is 12.5. The second kappa shape index (κ2) is 8.77. The van der Waals surface area contributed by atoms with Crippen LogP contribution in [0.4, 0.5) is 5.13 Å². The van der Waals surface area contributed by atoms with Gasteiger partial charge in [-0.1, -0.05) is 36.4 Å². The summed E-state index contributed by atoms with van der Waals surface area (Å²) in [5.74, 6) is -0.867. The number of carbonyl (C=O) groups is 2. The minimum atomic E-state index is -0.923. The number of nitrogens with zero attached hydrogens (tertiary/aromatic N) is 1. The van der Waals surface area contributed by atoms with Crippen LogP contribution in [0.5, 0.6) is 0 Å². The number of nitrogens with two attached hydrogens (primary N) is 1. The highest BCUT2D eigenvalue weighted by molar-refractivity contribution is 7.15. The van der Waals surface area contributed by atoms with Crippen LogP contribution in [0.3, 0.4) is 0 Å². The number of amides is 1. The van der Waals surface area contributed by atoms with E-state index < -0.39 is 12.0 Å². The Bertz CT molecular complexity index is 1000. The molecule has 1 heterocycles. The summed E-state index contributed by atoms with van der Waals surface area (Å²) in [4.78, 5) is 29.5. The predicted octanol–water partition coefficient (Wildman–Crippen LogP) is 3.47. The van der Waals surface area contributed by atoms with Gasteiger partial charge in [-0.2, -0.15) is 0 Å². The van der Waals surface area contributed by atoms with Crippen molar-refractivity contribution < 1.29 is 14.3 Å². The number of rotatable bonds is 6. The van der Waals surface area contributed by atoms with Crippen molar-refractivity contribution in [1.29, 1.82) is 0 Å². The van der Waals surface area contributed by atoms with E-state index >= 15 is 0 Å². The second-order valence-electron chi connectivity index (χ2n) is 6.32. The van der Waals surface area contributed by atoms with Crippen LogP contribution in [0, 0.1) is 6.92 Å². The van der Waals surface area contributed by atoms with Crippen molar-refractivity contribution in [3.63, 3.8) is 0 Å². The Morgan fingerprint density at radius 2 is 2.00 bits per heavy atom. The number of benzene rings is 2. The Morgan fingerprint density at radius 1 is 1.21 bits per heavy atom. The van der Waals surface area contributed by atoms with Gasteiger partial charge in [0.1, 0.15) is 6.04 Å². The zero-order valence-electron chi connectivity index (χ0n) is 15.6. The summed E-state index contributed by atoms with van der Waals surface area (Å²) in [6, 6.07) is 13.8. The first kappa shape index (κ1) is 19.7. The summed E-state index contributed by atoms with van der Waals surface area (Å²) in [7, 11) is 1.30. The third-order valence-electron chi connectivity index (χ3n) is 4.36. The number of hydrogen-bond acceptors (Lipinski definition) is 6. The lowest BCUT2D eigenvalue weighted by atomic mass is 10.0. The van der Waals surface area contributed by atoms with E-state index in [0.717, 1.165) is 11.3 Å². The molecule has 2 aromatic carbocycles. The van der Waals surface area contributed by atoms with Crippen LogP contribution < -0.4 is 11.1 Å². The monoisotopic (exact) mass is 395 g/mol. The number of aromatic nitrogens is 1. The van der Waals surface area contributed by atoms with E-state index in [1.165, 1.54) is 29.6 Å². The SMILES string of the molecule is COC(=O)c1cccc(C(N)C(=O)Nc2ncc(Cc3ccccc3C)s2)c1. The molecule has 0 saturated carbocycles. The molecule has 0 aliphatic heterocycles. The lowest BCUT2D eigenvalue weighted by molar-refractivity contribution is -0.117. The van der Waals surface area contributed by atoms with Gasteiger partial charge in [0, 0.05) is 17.5 Å². The van der Waals surface area contributed by atoms with E-state index in [9.17, 15) is 9.59 Å². The molecule has 1 amide bonds. The highest BCUT2D eigenvalue weighted by Gasteiger charge is 2.19. The van der Waals surface area contributed by atoms with Crippen molar-refractivity contribution >= 4 is 28.3 Å². The number of hydrogen-bond donors (Lipinski definition) is 2. The lowest BCUT2D eigenvalue weighted by Gasteiger charge is -2.12. The number of anilines is 1. The molecule has 0 spiro atoms. The molecule has 1 atom stereocenters. The fourth-order valence-corrected chi connectivity index (χ4v) is 3.59. The highest BCUT2D eigenvalue weighted by Crippen LogP contribution is 2.24. The first-order valence-electron chi connectivity index (χ1n) is 8.72. The molecule has 7 heteroatoms. The molecule has 1 aromatic heterocycles. The smallest absolute Gasteiger partial charge is 0.337 e. The van der Waals surface area contributed by atoms with Crippen molar-refractivity contribution in [3.8, 4) is 0 Å². The number of thiazole rings is 1. The van der Waals surface area contributed by atoms with Crippen LogP contribution in [0.2, 0.25) is 0 Å². The van der Waals surface area contributed by atoms with Gasteiger partial charge in [0.2, 0.25) is 5.91 Å². The van der Waals surface area contributed by atoms with Crippen molar-refractivity contribution in [3.05, 3.63) is 81.9 Å². The summed E-state index contributed by atoms with van der Waals surface area (Å²) < 4.78 is 4.70. The van der Waals surface area contributed by atoms with Crippen LogP contribution in [-0.4, -0.2) is 24.0 Å². The zero-order valence-corrected chi connectivity index (χ0v) is 16.5. The van der Waals surface area contributed by atoms with E-state index in [2.05, 4.69) is 29.4 Å². The van der Waals surface area contributed by atoms with E-state index in [0.29, 0.717) is 16.3 Å². The number of ether oxygens (including phenoxy) is 1. The zero-order chi connectivity index (χ0) is 20.1. The third-order valence-corrected chi connectivity index (χ3v) is 5.27. The normalized spacial score (nSPS) is 11.7. The molecule has 144 valence electrons. The first-order chi connectivity index (χ1) is 13.5. The molecule has 3 rings (SSSR count). The largest absolute Gasteiger partial charge is 0.465 e. The molecule has 0 saturated heterocycles. The van der Waals surface area contributed by atoms with Crippen molar-refractivity contribution in [1.82, 2.24) is 4.98 Å². The van der Waals surface area contributed by atoms with Gasteiger partial charge in [-0.15, -0.1) is 11.3 Å². The number of aryl methyl sites for hydroxylation is 1. The topological polar surface area (TPSA) is 94.3 Å². The highest BCUT2D eigenvalue weighted by atomic mass is 32.1. The maximum absolute atomic E-state index is 12.5. The van der Waals surface area contributed by atoms with Gasteiger partial charge in [-0.05, 0) is 35.7 Å². The van der Waals surface area contributed by atoms with Gasteiger partial charge >= 0.3 is 5.97 Å². The number of esters is 1. The molecule has 0 fully saturated rings. The summed E-state index contributed by atoms with van der Waals surface area (Å²) in [6.45, 7) is 2.07. The van der Waals surface area contributed by atoms with Crippen molar-refractivity contribution in [2.24, 2.45) is 5.73 Å². The predicted molar refractivity (Wildman–Crippen MR) is 109 cm³/mol. The first-order valence-corrected chi connectivity index (χ1v) is 9.53. The Kier molecular flexibility index (Phi) is 6.18. The molecule has 0 aliphatic carbocycles. The molecule has 3 aromatic rings. The van der Waals surface area contributed by atoms with Gasteiger partial charge in [0.15, 0.2) is 5.13 Å². The molecule has 0 bridgehead atoms. The molecule has 3 N–H and O–H groups in total. The van der Waals surface area contributed by atoms with Gasteiger partial charge in [0.05, 0.1) is 12.7 Å². The fourth-order valence-electron chi connectivity index (χ4n) is 2.75. The second-order valence-corrected chi connectivity index (χ2v) is 7.43. The Labute approximate surface area is 167 Å². The van der Waals surface area contributed by atoms with E-state index in [4.69, 9.17) is 10.5 Å². The van der Waals surface area contributed by atoms with Crippen LogP contribution in [0.25, 0.3) is 0 Å². The minimum Gasteiger partial charge on any atom is -0.465 e. The van der Waals surface area contributed by atoms with Gasteiger partial charge in [0.25, 0.3) is 0 Å². The van der Waals surface area contributed by atoms with Gasteiger partial charge in [-0.3, -0.25) is 4.79 Å². The van der Waals surface area contributed by atoms with Gasteiger partial charge < -0.3 is 15.8 Å². The number of nitrogens with one attached hydrogen (secondary N) is 1. The number of methoxy groups -OCH3 is 1. The summed E-state index contributed by atoms with van der Waals surface area (Å²) in [5, 5.41) is 3.24. The Morgan fingerprint density at radius 3 is 2.75 bits per heavy atom. The van der Waals surface area contributed by atoms with E-state index in [1.807, 2.05) is 12.1 Å². The standard InChI is InChI=1S/C21H21N3O3S/c1-13-6-3-4-7-14(13)11-17-12-23-21(28-17)24-19(25)18(22)15-8-5-9-16(10-15)20(26)27-2/h3-10,12,18H,11,22H2,1-2H3,(H,23,24,25). The average molecular weight is 395 g/mol.